The maximum atomic E-state index is 4.67. The van der Waals surface area contributed by atoms with Crippen LogP contribution in [0.5, 0.6) is 0 Å². The summed E-state index contributed by atoms with van der Waals surface area (Å²) in [5.74, 6) is 0. The van der Waals surface area contributed by atoms with Crippen LogP contribution < -0.4 is 5.32 Å². The largest absolute Gasteiger partial charge is 0.306 e. The van der Waals surface area contributed by atoms with E-state index in [1.165, 1.54) is 35.2 Å². The summed E-state index contributed by atoms with van der Waals surface area (Å²) in [5, 5.41) is 8.39. The minimum absolute atomic E-state index is 0.415. The summed E-state index contributed by atoms with van der Waals surface area (Å²) in [7, 11) is 0. The van der Waals surface area contributed by atoms with Crippen molar-refractivity contribution < 1.29 is 0 Å². The number of benzene rings is 2. The molecule has 0 saturated heterocycles. The van der Waals surface area contributed by atoms with E-state index in [1.807, 2.05) is 0 Å². The maximum absolute atomic E-state index is 4.67. The molecule has 0 bridgehead atoms. The Kier molecular flexibility index (Phi) is 4.43. The topological polar surface area (TPSA) is 29.9 Å². The molecule has 1 aromatic heterocycles. The highest BCUT2D eigenvalue weighted by atomic mass is 15.3. The molecule has 0 amide bonds. The molecule has 122 valence electrons. The van der Waals surface area contributed by atoms with Crippen molar-refractivity contribution in [2.75, 3.05) is 0 Å². The van der Waals surface area contributed by atoms with E-state index in [9.17, 15) is 0 Å². The fourth-order valence-corrected chi connectivity index (χ4v) is 3.56. The van der Waals surface area contributed by atoms with Crippen molar-refractivity contribution in [3.05, 3.63) is 89.2 Å². The second kappa shape index (κ2) is 7.02. The molecule has 0 spiro atoms. The first kappa shape index (κ1) is 15.2. The van der Waals surface area contributed by atoms with Crippen molar-refractivity contribution in [3.8, 4) is 0 Å². The summed E-state index contributed by atoms with van der Waals surface area (Å²) in [6.07, 6.45) is 5.61. The molecule has 1 heterocycles. The third-order valence-corrected chi connectivity index (χ3v) is 4.83. The van der Waals surface area contributed by atoms with Crippen molar-refractivity contribution in [1.29, 1.82) is 0 Å². The number of hydrogen-bond donors (Lipinski definition) is 1. The Balaban J connectivity index is 1.49. The lowest BCUT2D eigenvalue weighted by Gasteiger charge is -2.24. The number of hydrogen-bond acceptors (Lipinski definition) is 2. The van der Waals surface area contributed by atoms with E-state index in [0.717, 1.165) is 19.5 Å². The third kappa shape index (κ3) is 3.26. The van der Waals surface area contributed by atoms with E-state index in [4.69, 9.17) is 0 Å². The van der Waals surface area contributed by atoms with Crippen molar-refractivity contribution in [1.82, 2.24) is 15.1 Å². The summed E-state index contributed by atoms with van der Waals surface area (Å²) in [6.45, 7) is 1.77. The van der Waals surface area contributed by atoms with Crippen LogP contribution in [0.2, 0.25) is 0 Å². The second-order valence-electron chi connectivity index (χ2n) is 6.50. The van der Waals surface area contributed by atoms with Crippen molar-refractivity contribution >= 4 is 0 Å². The van der Waals surface area contributed by atoms with Crippen LogP contribution in [0, 0.1) is 0 Å². The van der Waals surface area contributed by atoms with Gasteiger partial charge in [-0.25, -0.2) is 0 Å². The minimum Gasteiger partial charge on any atom is -0.306 e. The van der Waals surface area contributed by atoms with Gasteiger partial charge in [0, 0.05) is 23.8 Å². The van der Waals surface area contributed by atoms with Crippen LogP contribution in [0.3, 0.4) is 0 Å². The molecule has 0 fully saturated rings. The van der Waals surface area contributed by atoms with Gasteiger partial charge in [0.15, 0.2) is 0 Å². The normalized spacial score (nSPS) is 16.8. The number of nitrogens with one attached hydrogen (secondary N) is 1. The van der Waals surface area contributed by atoms with Crippen LogP contribution in [-0.2, 0) is 19.5 Å². The highest BCUT2D eigenvalue weighted by molar-refractivity contribution is 5.27. The fourth-order valence-electron chi connectivity index (χ4n) is 3.56. The van der Waals surface area contributed by atoms with E-state index in [-0.39, 0.29) is 0 Å². The van der Waals surface area contributed by atoms with Crippen LogP contribution >= 0.6 is 0 Å². The molecule has 1 atom stereocenters. The fraction of sp³-hybridized carbons (Fsp3) is 0.286. The molecule has 1 unspecified atom stereocenters. The zero-order valence-electron chi connectivity index (χ0n) is 13.9. The summed E-state index contributed by atoms with van der Waals surface area (Å²) in [5.41, 5.74) is 5.42. The summed E-state index contributed by atoms with van der Waals surface area (Å²) in [6, 6.07) is 21.6. The molecule has 2 aromatic carbocycles. The third-order valence-electron chi connectivity index (χ3n) is 4.83. The molecular weight excluding hydrogens is 294 g/mol. The first-order valence-electron chi connectivity index (χ1n) is 8.76. The molecule has 1 aliphatic rings. The van der Waals surface area contributed by atoms with Crippen LogP contribution in [0.1, 0.15) is 41.3 Å². The number of fused-ring (bicyclic) bond motifs is 1. The first-order valence-corrected chi connectivity index (χ1v) is 8.76. The predicted octanol–water partition coefficient (Wildman–Crippen LogP) is 4.10. The quantitative estimate of drug-likeness (QED) is 0.768. The maximum Gasteiger partial charge on any atom is 0.0662 e. The van der Waals surface area contributed by atoms with E-state index >= 15 is 0 Å². The molecule has 4 rings (SSSR count). The molecular formula is C21H23N3. The lowest BCUT2D eigenvalue weighted by atomic mass is 9.92. The monoisotopic (exact) mass is 317 g/mol. The SMILES string of the molecule is c1ccc(CNC2CCCc3c2cnn3Cc2ccccc2)cc1. The Morgan fingerprint density at radius 2 is 1.67 bits per heavy atom. The van der Waals surface area contributed by atoms with E-state index < -0.39 is 0 Å². The van der Waals surface area contributed by atoms with E-state index in [2.05, 4.69) is 82.0 Å². The molecule has 3 aromatic rings. The van der Waals surface area contributed by atoms with Gasteiger partial charge in [-0.05, 0) is 30.4 Å². The Hall–Kier alpha value is -2.39. The number of rotatable bonds is 5. The Morgan fingerprint density at radius 3 is 2.42 bits per heavy atom. The van der Waals surface area contributed by atoms with Crippen molar-refractivity contribution in [2.24, 2.45) is 0 Å². The van der Waals surface area contributed by atoms with Crippen LogP contribution in [0.15, 0.2) is 66.9 Å². The zero-order valence-corrected chi connectivity index (χ0v) is 13.9. The average Bonchev–Trinajstić information content (AvgIpc) is 3.05. The summed E-state index contributed by atoms with van der Waals surface area (Å²) in [4.78, 5) is 0. The molecule has 3 nitrogen and oxygen atoms in total. The highest BCUT2D eigenvalue weighted by Gasteiger charge is 2.23. The number of nitrogens with zero attached hydrogens (tertiary/aromatic N) is 2. The van der Waals surface area contributed by atoms with Gasteiger partial charge in [0.25, 0.3) is 0 Å². The Labute approximate surface area is 143 Å². The van der Waals surface area contributed by atoms with Gasteiger partial charge in [0.2, 0.25) is 0 Å². The lowest BCUT2D eigenvalue weighted by Crippen LogP contribution is -2.25. The van der Waals surface area contributed by atoms with Crippen LogP contribution in [-0.4, -0.2) is 9.78 Å². The van der Waals surface area contributed by atoms with Gasteiger partial charge in [0.1, 0.15) is 0 Å². The summed E-state index contributed by atoms with van der Waals surface area (Å²) < 4.78 is 2.18. The molecule has 1 aliphatic carbocycles. The Morgan fingerprint density at radius 1 is 0.958 bits per heavy atom. The minimum atomic E-state index is 0.415. The standard InChI is InChI=1S/C21H23N3/c1-3-8-17(9-4-1)14-22-20-12-7-13-21-19(20)15-23-24(21)16-18-10-5-2-6-11-18/h1-6,8-11,15,20,22H,7,12-14,16H2. The zero-order chi connectivity index (χ0) is 16.2. The van der Waals surface area contributed by atoms with Crippen molar-refractivity contribution in [2.45, 2.75) is 38.4 Å². The van der Waals surface area contributed by atoms with Gasteiger partial charge in [-0.2, -0.15) is 5.10 Å². The predicted molar refractivity (Wildman–Crippen MR) is 96.7 cm³/mol. The van der Waals surface area contributed by atoms with Gasteiger partial charge in [-0.3, -0.25) is 4.68 Å². The molecule has 3 heteroatoms. The highest BCUT2D eigenvalue weighted by Crippen LogP contribution is 2.30. The lowest BCUT2D eigenvalue weighted by molar-refractivity contribution is 0.449. The number of aromatic nitrogens is 2. The molecule has 24 heavy (non-hydrogen) atoms. The first-order chi connectivity index (χ1) is 11.9. The molecule has 0 radical (unpaired) electrons. The molecule has 0 aliphatic heterocycles. The molecule has 0 saturated carbocycles. The second-order valence-corrected chi connectivity index (χ2v) is 6.50. The van der Waals surface area contributed by atoms with Gasteiger partial charge in [0.05, 0.1) is 12.7 Å². The van der Waals surface area contributed by atoms with E-state index in [1.54, 1.807) is 0 Å². The average molecular weight is 317 g/mol. The Bertz CT molecular complexity index is 777. The summed E-state index contributed by atoms with van der Waals surface area (Å²) >= 11 is 0. The van der Waals surface area contributed by atoms with Gasteiger partial charge >= 0.3 is 0 Å². The van der Waals surface area contributed by atoms with Crippen molar-refractivity contribution in [3.63, 3.8) is 0 Å². The smallest absolute Gasteiger partial charge is 0.0662 e. The van der Waals surface area contributed by atoms with Gasteiger partial charge in [-0.15, -0.1) is 0 Å². The molecule has 1 N–H and O–H groups in total. The van der Waals surface area contributed by atoms with Crippen LogP contribution in [0.4, 0.5) is 0 Å². The van der Waals surface area contributed by atoms with E-state index in [0.29, 0.717) is 6.04 Å². The van der Waals surface area contributed by atoms with Gasteiger partial charge in [-0.1, -0.05) is 60.7 Å². The van der Waals surface area contributed by atoms with Crippen LogP contribution in [0.25, 0.3) is 0 Å². The van der Waals surface area contributed by atoms with Gasteiger partial charge < -0.3 is 5.32 Å².